The summed E-state index contributed by atoms with van der Waals surface area (Å²) in [6.45, 7) is 3.50. The van der Waals surface area contributed by atoms with Gasteiger partial charge in [0.1, 0.15) is 17.5 Å². The van der Waals surface area contributed by atoms with Crippen LogP contribution in [-0.2, 0) is 16.0 Å². The highest BCUT2D eigenvalue weighted by Gasteiger charge is 2.26. The Morgan fingerprint density at radius 3 is 2.76 bits per heavy atom. The van der Waals surface area contributed by atoms with E-state index < -0.39 is 24.1 Å². The van der Waals surface area contributed by atoms with Crippen molar-refractivity contribution in [2.45, 2.75) is 45.1 Å². The maximum Gasteiger partial charge on any atom is 0.412 e. The number of carboxylic acid groups (broad SMARTS) is 1. The van der Waals surface area contributed by atoms with E-state index in [0.29, 0.717) is 17.8 Å². The zero-order valence-corrected chi connectivity index (χ0v) is 18.4. The van der Waals surface area contributed by atoms with Crippen molar-refractivity contribution in [2.75, 3.05) is 5.32 Å². The number of aryl methyl sites for hydroxylation is 2. The third-order valence-electron chi connectivity index (χ3n) is 5.72. The maximum atomic E-state index is 12.4. The Balaban J connectivity index is 1.49. The molecule has 33 heavy (non-hydrogen) atoms. The van der Waals surface area contributed by atoms with Crippen LogP contribution in [0.4, 0.5) is 10.5 Å². The molecular formula is C26H24N2O5. The predicted molar refractivity (Wildman–Crippen MR) is 122 cm³/mol. The highest BCUT2D eigenvalue weighted by Crippen LogP contribution is 2.32. The van der Waals surface area contributed by atoms with E-state index in [1.807, 2.05) is 42.5 Å². The van der Waals surface area contributed by atoms with Crippen LogP contribution in [0.5, 0.6) is 0 Å². The zero-order chi connectivity index (χ0) is 23.4. The number of fused-ring (bicyclic) bond motifs is 1. The number of nitrogens with one attached hydrogen (secondary N) is 1. The second-order valence-corrected chi connectivity index (χ2v) is 8.00. The van der Waals surface area contributed by atoms with E-state index in [1.165, 1.54) is 0 Å². The Morgan fingerprint density at radius 2 is 2.00 bits per heavy atom. The van der Waals surface area contributed by atoms with Gasteiger partial charge in [-0.05, 0) is 67.9 Å². The van der Waals surface area contributed by atoms with Crippen molar-refractivity contribution in [1.29, 1.82) is 0 Å². The monoisotopic (exact) mass is 444 g/mol. The summed E-state index contributed by atoms with van der Waals surface area (Å²) in [7, 11) is 0. The van der Waals surface area contributed by atoms with Crippen LogP contribution in [0.15, 0.2) is 53.1 Å². The number of nitrogens with zero attached hydrogens (tertiary/aromatic N) is 1. The molecule has 0 fully saturated rings. The fraction of sp³-hybridized carbons (Fsp3) is 0.269. The van der Waals surface area contributed by atoms with Gasteiger partial charge in [0.25, 0.3) is 0 Å². The molecule has 3 aromatic rings. The number of carboxylic acids is 1. The number of amides is 1. The van der Waals surface area contributed by atoms with Gasteiger partial charge in [0.05, 0.1) is 5.92 Å². The van der Waals surface area contributed by atoms with Crippen LogP contribution in [0.3, 0.4) is 0 Å². The minimum atomic E-state index is -0.795. The fourth-order valence-corrected chi connectivity index (χ4v) is 3.96. The third-order valence-corrected chi connectivity index (χ3v) is 5.72. The highest BCUT2D eigenvalue weighted by molar-refractivity contribution is 5.87. The number of anilines is 1. The molecule has 2 N–H and O–H groups in total. The lowest BCUT2D eigenvalue weighted by Gasteiger charge is -2.22. The molecule has 2 aromatic carbocycles. The number of aliphatic carboxylic acids is 1. The number of carbonyl (C=O) groups excluding carboxylic acids is 1. The predicted octanol–water partition coefficient (Wildman–Crippen LogP) is 5.20. The molecule has 0 saturated carbocycles. The molecule has 0 spiro atoms. The average molecular weight is 444 g/mol. The van der Waals surface area contributed by atoms with Crippen molar-refractivity contribution in [3.05, 3.63) is 82.2 Å². The van der Waals surface area contributed by atoms with E-state index in [9.17, 15) is 14.7 Å². The summed E-state index contributed by atoms with van der Waals surface area (Å²) in [6, 6.07) is 15.0. The van der Waals surface area contributed by atoms with Crippen molar-refractivity contribution in [3.8, 4) is 11.8 Å². The van der Waals surface area contributed by atoms with Crippen molar-refractivity contribution >= 4 is 17.7 Å². The van der Waals surface area contributed by atoms with Crippen LogP contribution in [0.2, 0.25) is 0 Å². The molecule has 0 saturated heterocycles. The quantitative estimate of drug-likeness (QED) is 0.537. The van der Waals surface area contributed by atoms with Gasteiger partial charge >= 0.3 is 12.1 Å². The van der Waals surface area contributed by atoms with Crippen LogP contribution in [0.25, 0.3) is 0 Å². The lowest BCUT2D eigenvalue weighted by molar-refractivity contribution is -0.139. The topological polar surface area (TPSA) is 102 Å². The maximum absolute atomic E-state index is 12.4. The van der Waals surface area contributed by atoms with Crippen molar-refractivity contribution in [2.24, 2.45) is 0 Å². The highest BCUT2D eigenvalue weighted by atomic mass is 16.6. The summed E-state index contributed by atoms with van der Waals surface area (Å²) < 4.78 is 10.8. The Labute approximate surface area is 191 Å². The fourth-order valence-electron chi connectivity index (χ4n) is 3.96. The van der Waals surface area contributed by atoms with E-state index in [0.717, 1.165) is 35.1 Å². The summed E-state index contributed by atoms with van der Waals surface area (Å²) in [6.07, 6.45) is 1.26. The van der Waals surface area contributed by atoms with Crippen LogP contribution in [0, 0.1) is 18.8 Å². The first kappa shape index (κ1) is 22.2. The summed E-state index contributed by atoms with van der Waals surface area (Å²) in [5.41, 5.74) is 4.32. The van der Waals surface area contributed by atoms with Gasteiger partial charge in [0, 0.05) is 5.56 Å². The van der Waals surface area contributed by atoms with Crippen LogP contribution in [0.1, 0.15) is 65.5 Å². The summed E-state index contributed by atoms with van der Waals surface area (Å²) in [5, 5.41) is 16.0. The number of benzene rings is 2. The van der Waals surface area contributed by atoms with E-state index in [4.69, 9.17) is 9.26 Å². The minimum absolute atomic E-state index is 0.220. The first-order valence-corrected chi connectivity index (χ1v) is 10.8. The lowest BCUT2D eigenvalue weighted by atomic mass is 9.82. The molecule has 2 unspecified atom stereocenters. The molecule has 7 nitrogen and oxygen atoms in total. The van der Waals surface area contributed by atoms with Gasteiger partial charge in [-0.1, -0.05) is 47.5 Å². The van der Waals surface area contributed by atoms with Gasteiger partial charge in [-0.2, -0.15) is 0 Å². The molecule has 0 radical (unpaired) electrons. The van der Waals surface area contributed by atoms with Crippen LogP contribution in [-0.4, -0.2) is 22.3 Å². The second-order valence-electron chi connectivity index (χ2n) is 8.00. The molecule has 1 aliphatic carbocycles. The largest absolute Gasteiger partial charge is 0.481 e. The number of hydrogen-bond acceptors (Lipinski definition) is 5. The molecule has 7 heteroatoms. The number of hydrogen-bond donors (Lipinski definition) is 2. The summed E-state index contributed by atoms with van der Waals surface area (Å²) >= 11 is 0. The standard InChI is InChI=1S/C26H24N2O5/c1-16-24(27-26(31)32-17(2)19-7-4-3-5-8-19)23(33-28-16)14-12-18-11-13-21-20(15-18)9-6-10-22(21)25(29)30/h3-5,7-8,11,13,15,17,22H,6,9-10H2,1-2H3,(H,27,31)(H,29,30). The third kappa shape index (κ3) is 5.07. The first-order chi connectivity index (χ1) is 15.9. The first-order valence-electron chi connectivity index (χ1n) is 10.8. The summed E-state index contributed by atoms with van der Waals surface area (Å²) in [4.78, 5) is 23.9. The van der Waals surface area contributed by atoms with Gasteiger partial charge in [-0.15, -0.1) is 0 Å². The van der Waals surface area contributed by atoms with Crippen molar-refractivity contribution in [3.63, 3.8) is 0 Å². The minimum Gasteiger partial charge on any atom is -0.481 e. The van der Waals surface area contributed by atoms with Crippen molar-refractivity contribution < 1.29 is 24.0 Å². The number of aromatic nitrogens is 1. The zero-order valence-electron chi connectivity index (χ0n) is 18.4. The lowest BCUT2D eigenvalue weighted by Crippen LogP contribution is -2.18. The molecule has 1 aromatic heterocycles. The molecule has 1 aliphatic rings. The molecule has 1 heterocycles. The Bertz CT molecular complexity index is 1240. The Morgan fingerprint density at radius 1 is 1.21 bits per heavy atom. The molecule has 1 amide bonds. The molecule has 168 valence electrons. The second kappa shape index (κ2) is 9.61. The van der Waals surface area contributed by atoms with E-state index in [1.54, 1.807) is 19.9 Å². The number of ether oxygens (including phenoxy) is 1. The van der Waals surface area contributed by atoms with Gasteiger partial charge in [-0.25, -0.2) is 4.79 Å². The van der Waals surface area contributed by atoms with Crippen LogP contribution >= 0.6 is 0 Å². The van der Waals surface area contributed by atoms with Gasteiger partial charge < -0.3 is 14.4 Å². The molecule has 2 atom stereocenters. The average Bonchev–Trinajstić information content (AvgIpc) is 3.16. The Kier molecular flexibility index (Phi) is 6.45. The van der Waals surface area contributed by atoms with Gasteiger partial charge in [-0.3, -0.25) is 10.1 Å². The smallest absolute Gasteiger partial charge is 0.412 e. The Hall–Kier alpha value is -4.05. The van der Waals surface area contributed by atoms with Crippen LogP contribution < -0.4 is 5.32 Å². The number of rotatable bonds is 4. The normalized spacial score (nSPS) is 15.5. The van der Waals surface area contributed by atoms with E-state index in [-0.39, 0.29) is 5.76 Å². The molecule has 0 aliphatic heterocycles. The molecule has 4 rings (SSSR count). The van der Waals surface area contributed by atoms with E-state index >= 15 is 0 Å². The molecular weight excluding hydrogens is 420 g/mol. The van der Waals surface area contributed by atoms with Crippen molar-refractivity contribution in [1.82, 2.24) is 5.16 Å². The summed E-state index contributed by atoms with van der Waals surface area (Å²) in [5.74, 6) is 4.90. The SMILES string of the molecule is Cc1noc(C#Cc2ccc3c(c2)CCCC3C(=O)O)c1NC(=O)OC(C)c1ccccc1. The molecule has 0 bridgehead atoms. The van der Waals surface area contributed by atoms with Gasteiger partial charge in [0.15, 0.2) is 0 Å². The van der Waals surface area contributed by atoms with Gasteiger partial charge in [0.2, 0.25) is 5.76 Å². The number of carbonyl (C=O) groups is 2. The van der Waals surface area contributed by atoms with E-state index in [2.05, 4.69) is 22.3 Å².